The number of nitrogens with zero attached hydrogens (tertiary/aromatic N) is 2. The number of carbonyl (C=O) groups excluding carboxylic acids is 3. The van der Waals surface area contributed by atoms with Crippen molar-refractivity contribution in [1.82, 2.24) is 9.80 Å². The van der Waals surface area contributed by atoms with E-state index in [2.05, 4.69) is 5.32 Å². The molecule has 1 spiro atoms. The molecule has 0 bridgehead atoms. The third kappa shape index (κ3) is 2.33. The number of rotatable bonds is 2. The lowest BCUT2D eigenvalue weighted by Crippen LogP contribution is -2.55. The number of nitrogens with one attached hydrogen (secondary N) is 1. The lowest BCUT2D eigenvalue weighted by atomic mass is 9.66. The van der Waals surface area contributed by atoms with E-state index in [1.165, 1.54) is 13.2 Å². The molecule has 3 amide bonds. The predicted octanol–water partition coefficient (Wildman–Crippen LogP) is 2.47. The molecule has 0 aromatic heterocycles. The molecule has 8 heteroatoms. The van der Waals surface area contributed by atoms with Gasteiger partial charge in [-0.2, -0.15) is 0 Å². The number of amides is 3. The summed E-state index contributed by atoms with van der Waals surface area (Å²) in [5.74, 6) is -2.73. The summed E-state index contributed by atoms with van der Waals surface area (Å²) in [6, 6.07) is 14.0. The first kappa shape index (κ1) is 18.6. The van der Waals surface area contributed by atoms with E-state index < -0.39 is 41.2 Å². The first-order chi connectivity index (χ1) is 14.5. The Hall–Kier alpha value is -3.42. The van der Waals surface area contributed by atoms with E-state index in [1.54, 1.807) is 17.0 Å². The fraction of sp³-hybridized carbons (Fsp3) is 0.318. The number of ether oxygens (including phenoxy) is 1. The molecule has 5 rings (SSSR count). The maximum absolute atomic E-state index is 15.0. The van der Waals surface area contributed by atoms with Crippen molar-refractivity contribution in [2.45, 2.75) is 24.5 Å². The van der Waals surface area contributed by atoms with Crippen LogP contribution < -0.4 is 5.32 Å². The van der Waals surface area contributed by atoms with E-state index in [1.807, 2.05) is 30.3 Å². The Kier molecular flexibility index (Phi) is 4.06. The summed E-state index contributed by atoms with van der Waals surface area (Å²) in [7, 11) is 1.18. The lowest BCUT2D eigenvalue weighted by molar-refractivity contribution is -0.147. The molecule has 2 aromatic rings. The second kappa shape index (κ2) is 6.55. The molecule has 2 fully saturated rings. The van der Waals surface area contributed by atoms with Crippen molar-refractivity contribution in [3.8, 4) is 0 Å². The maximum Gasteiger partial charge on any atom is 0.418 e. The summed E-state index contributed by atoms with van der Waals surface area (Å²) < 4.78 is 19.8. The topological polar surface area (TPSA) is 79.0 Å². The molecule has 154 valence electrons. The number of halogens is 1. The van der Waals surface area contributed by atoms with Crippen LogP contribution in [-0.2, 0) is 26.3 Å². The number of benzene rings is 2. The van der Waals surface area contributed by atoms with Crippen molar-refractivity contribution in [2.75, 3.05) is 19.0 Å². The molecule has 0 radical (unpaired) electrons. The second-order valence-electron chi connectivity index (χ2n) is 7.86. The number of anilines is 1. The van der Waals surface area contributed by atoms with Gasteiger partial charge in [-0.3, -0.25) is 9.59 Å². The first-order valence-electron chi connectivity index (χ1n) is 9.78. The van der Waals surface area contributed by atoms with Crippen molar-refractivity contribution in [2.24, 2.45) is 5.92 Å². The molecular formula is C22H20FN3O4. The molecule has 7 nitrogen and oxygen atoms in total. The van der Waals surface area contributed by atoms with Crippen molar-refractivity contribution in [1.29, 1.82) is 0 Å². The van der Waals surface area contributed by atoms with Gasteiger partial charge in [0.2, 0.25) is 11.8 Å². The van der Waals surface area contributed by atoms with E-state index >= 15 is 0 Å². The van der Waals surface area contributed by atoms with Gasteiger partial charge in [0.25, 0.3) is 0 Å². The second-order valence-corrected chi connectivity index (χ2v) is 7.86. The Labute approximate surface area is 172 Å². The van der Waals surface area contributed by atoms with Crippen LogP contribution in [0.3, 0.4) is 0 Å². The molecule has 0 aliphatic carbocycles. The maximum atomic E-state index is 15.0. The number of methoxy groups -OCH3 is 1. The summed E-state index contributed by atoms with van der Waals surface area (Å²) in [6.45, 7) is 0.693. The van der Waals surface area contributed by atoms with Gasteiger partial charge in [-0.1, -0.05) is 36.4 Å². The van der Waals surface area contributed by atoms with Gasteiger partial charge < -0.3 is 15.0 Å². The molecule has 3 aliphatic rings. The Morgan fingerprint density at radius 1 is 1.17 bits per heavy atom. The molecule has 0 unspecified atom stereocenters. The summed E-state index contributed by atoms with van der Waals surface area (Å²) in [6.07, 6.45) is -1.37. The van der Waals surface area contributed by atoms with Gasteiger partial charge in [-0.05, 0) is 24.1 Å². The Morgan fingerprint density at radius 3 is 2.67 bits per heavy atom. The van der Waals surface area contributed by atoms with Crippen molar-refractivity contribution >= 4 is 23.6 Å². The number of piperidine rings is 1. The lowest BCUT2D eigenvalue weighted by Gasteiger charge is -2.41. The molecule has 1 N–H and O–H groups in total. The van der Waals surface area contributed by atoms with E-state index in [-0.39, 0.29) is 0 Å². The van der Waals surface area contributed by atoms with Crippen molar-refractivity contribution in [3.05, 3.63) is 65.5 Å². The van der Waals surface area contributed by atoms with Gasteiger partial charge in [0.15, 0.2) is 0 Å². The van der Waals surface area contributed by atoms with Crippen LogP contribution in [0.25, 0.3) is 0 Å². The molecule has 2 aromatic carbocycles. The van der Waals surface area contributed by atoms with E-state index in [4.69, 9.17) is 4.74 Å². The highest BCUT2D eigenvalue weighted by Gasteiger charge is 2.70. The average molecular weight is 409 g/mol. The van der Waals surface area contributed by atoms with Gasteiger partial charge in [0.05, 0.1) is 12.5 Å². The number of fused-ring (bicyclic) bond motifs is 1. The van der Waals surface area contributed by atoms with Gasteiger partial charge in [-0.15, -0.1) is 0 Å². The highest BCUT2D eigenvalue weighted by Crippen LogP contribution is 2.57. The van der Waals surface area contributed by atoms with Crippen LogP contribution >= 0.6 is 0 Å². The molecule has 3 heterocycles. The highest BCUT2D eigenvalue weighted by atomic mass is 19.1. The molecular weight excluding hydrogens is 389 g/mol. The van der Waals surface area contributed by atoms with Gasteiger partial charge in [0.1, 0.15) is 17.9 Å². The monoisotopic (exact) mass is 409 g/mol. The van der Waals surface area contributed by atoms with Crippen LogP contribution in [0.5, 0.6) is 0 Å². The smallest absolute Gasteiger partial charge is 0.418 e. The number of hydrogen-bond acceptors (Lipinski definition) is 5. The molecule has 2 saturated heterocycles. The van der Waals surface area contributed by atoms with Crippen LogP contribution in [0.1, 0.15) is 17.5 Å². The van der Waals surface area contributed by atoms with Crippen LogP contribution in [0, 0.1) is 11.7 Å². The summed E-state index contributed by atoms with van der Waals surface area (Å²) >= 11 is 0. The molecule has 3 atom stereocenters. The number of carbonyl (C=O) groups is 3. The Bertz CT molecular complexity index is 1060. The van der Waals surface area contributed by atoms with Crippen LogP contribution in [0.4, 0.5) is 14.9 Å². The van der Waals surface area contributed by atoms with E-state index in [9.17, 15) is 18.8 Å². The zero-order valence-corrected chi connectivity index (χ0v) is 16.3. The first-order valence-corrected chi connectivity index (χ1v) is 9.78. The summed E-state index contributed by atoms with van der Waals surface area (Å²) in [4.78, 5) is 41.8. The largest absolute Gasteiger partial charge is 0.452 e. The Morgan fingerprint density at radius 2 is 1.93 bits per heavy atom. The minimum atomic E-state index is -1.19. The van der Waals surface area contributed by atoms with E-state index in [0.717, 1.165) is 10.5 Å². The van der Waals surface area contributed by atoms with Crippen LogP contribution in [0.15, 0.2) is 48.5 Å². The average Bonchev–Trinajstić information content (AvgIpc) is 3.18. The van der Waals surface area contributed by atoms with Crippen molar-refractivity contribution in [3.63, 3.8) is 0 Å². The summed E-state index contributed by atoms with van der Waals surface area (Å²) in [5, 5.41) is 3.10. The predicted molar refractivity (Wildman–Crippen MR) is 105 cm³/mol. The molecule has 3 aliphatic heterocycles. The van der Waals surface area contributed by atoms with Crippen molar-refractivity contribution < 1.29 is 23.5 Å². The standard InChI is InChI=1S/C22H20FN3O4/c1-30-21(29)26-19(28)17-18(27)25(12-13-6-3-2-4-7-13)11-10-22(17)16-14(23)8-5-9-15(16)24-20(22)26/h2-9,17,20,24H,10-12H2,1H3/t17-,20-,22+/m0/s1. The minimum Gasteiger partial charge on any atom is -0.452 e. The minimum absolute atomic E-state index is 0.299. The molecule has 0 saturated carbocycles. The quantitative estimate of drug-likeness (QED) is 0.771. The normalized spacial score (nSPS) is 26.7. The zero-order valence-electron chi connectivity index (χ0n) is 16.3. The fourth-order valence-electron chi connectivity index (χ4n) is 5.21. The fourth-order valence-corrected chi connectivity index (χ4v) is 5.21. The number of likely N-dealkylation sites (tertiary alicyclic amines) is 2. The Balaban J connectivity index is 1.60. The highest BCUT2D eigenvalue weighted by molar-refractivity contribution is 6.11. The number of imide groups is 1. The summed E-state index contributed by atoms with van der Waals surface area (Å²) in [5.41, 5.74) is 0.573. The van der Waals surface area contributed by atoms with Gasteiger partial charge in [-0.25, -0.2) is 14.1 Å². The van der Waals surface area contributed by atoms with E-state index in [0.29, 0.717) is 30.8 Å². The third-order valence-corrected chi connectivity index (χ3v) is 6.46. The van der Waals surface area contributed by atoms with Gasteiger partial charge >= 0.3 is 6.09 Å². The zero-order chi connectivity index (χ0) is 21.0. The van der Waals surface area contributed by atoms with Gasteiger partial charge in [0, 0.05) is 24.3 Å². The van der Waals surface area contributed by atoms with Crippen LogP contribution in [0.2, 0.25) is 0 Å². The van der Waals surface area contributed by atoms with Crippen LogP contribution in [-0.4, -0.2) is 47.5 Å². The third-order valence-electron chi connectivity index (χ3n) is 6.46. The molecule has 30 heavy (non-hydrogen) atoms. The SMILES string of the molecule is COC(=O)N1C(=O)[C@@H]2C(=O)N(Cc3ccccc3)CC[C@@]23c2c(F)cccc2N[C@@H]13. The number of hydrogen-bond donors (Lipinski definition) is 1.